The third-order valence-electron chi connectivity index (χ3n) is 3.87. The molecule has 120 valence electrons. The molecule has 0 radical (unpaired) electrons. The summed E-state index contributed by atoms with van der Waals surface area (Å²) in [5, 5.41) is 2.87. The van der Waals surface area contributed by atoms with Crippen LogP contribution < -0.4 is 15.0 Å². The van der Waals surface area contributed by atoms with E-state index < -0.39 is 0 Å². The van der Waals surface area contributed by atoms with Crippen molar-refractivity contribution in [3.8, 4) is 5.75 Å². The van der Waals surface area contributed by atoms with Gasteiger partial charge in [0.1, 0.15) is 23.6 Å². The van der Waals surface area contributed by atoms with Crippen LogP contribution in [0.1, 0.15) is 5.82 Å². The minimum Gasteiger partial charge on any atom is -0.497 e. The normalized spacial score (nSPS) is 13.6. The second kappa shape index (κ2) is 5.45. The van der Waals surface area contributed by atoms with Crippen molar-refractivity contribution < 1.29 is 9.53 Å². The lowest BCUT2D eigenvalue weighted by atomic mass is 10.1. The molecule has 2 aromatic heterocycles. The molecule has 0 saturated heterocycles. The van der Waals surface area contributed by atoms with Gasteiger partial charge in [0, 0.05) is 12.3 Å². The van der Waals surface area contributed by atoms with Crippen molar-refractivity contribution in [1.82, 2.24) is 15.0 Å². The van der Waals surface area contributed by atoms with Gasteiger partial charge in [0.15, 0.2) is 5.82 Å². The number of hydrogen-bond donors (Lipinski definition) is 1. The van der Waals surface area contributed by atoms with E-state index in [9.17, 15) is 4.79 Å². The fraction of sp³-hybridized carbons (Fsp3) is 0.176. The second-order valence-corrected chi connectivity index (χ2v) is 5.48. The number of ether oxygens (including phenoxy) is 1. The molecule has 1 aliphatic heterocycles. The van der Waals surface area contributed by atoms with E-state index >= 15 is 0 Å². The molecule has 3 heterocycles. The molecule has 0 unspecified atom stereocenters. The molecule has 1 aromatic carbocycles. The van der Waals surface area contributed by atoms with E-state index in [1.54, 1.807) is 19.4 Å². The maximum atomic E-state index is 12.2. The van der Waals surface area contributed by atoms with Gasteiger partial charge in [0.05, 0.1) is 24.0 Å². The second-order valence-electron chi connectivity index (χ2n) is 5.48. The number of pyridine rings is 1. The van der Waals surface area contributed by atoms with Crippen LogP contribution in [0.3, 0.4) is 0 Å². The summed E-state index contributed by atoms with van der Waals surface area (Å²) in [6, 6.07) is 9.27. The zero-order chi connectivity index (χ0) is 16.7. The zero-order valence-electron chi connectivity index (χ0n) is 13.3. The van der Waals surface area contributed by atoms with Gasteiger partial charge in [-0.2, -0.15) is 0 Å². The van der Waals surface area contributed by atoms with Crippen molar-refractivity contribution in [2.24, 2.45) is 0 Å². The number of rotatable bonds is 2. The Labute approximate surface area is 138 Å². The molecule has 0 atom stereocenters. The number of carbonyl (C=O) groups is 1. The fourth-order valence-electron chi connectivity index (χ4n) is 2.84. The number of benzene rings is 1. The average Bonchev–Trinajstić information content (AvgIpc) is 2.59. The lowest BCUT2D eigenvalue weighted by Crippen LogP contribution is -2.35. The van der Waals surface area contributed by atoms with E-state index in [-0.39, 0.29) is 12.5 Å². The Balaban J connectivity index is 1.94. The quantitative estimate of drug-likeness (QED) is 0.781. The van der Waals surface area contributed by atoms with Crippen LogP contribution in [0.4, 0.5) is 17.2 Å². The number of carbonyl (C=O) groups excluding carboxylic acids is 1. The van der Waals surface area contributed by atoms with Gasteiger partial charge in [-0.1, -0.05) is 0 Å². The van der Waals surface area contributed by atoms with Crippen molar-refractivity contribution in [2.75, 3.05) is 23.9 Å². The highest BCUT2D eigenvalue weighted by atomic mass is 16.5. The molecular weight excluding hydrogens is 306 g/mol. The lowest BCUT2D eigenvalue weighted by molar-refractivity contribution is -0.115. The highest BCUT2D eigenvalue weighted by molar-refractivity contribution is 6.05. The smallest absolute Gasteiger partial charge is 0.244 e. The van der Waals surface area contributed by atoms with Crippen molar-refractivity contribution in [3.63, 3.8) is 0 Å². The molecule has 7 heteroatoms. The van der Waals surface area contributed by atoms with Crippen LogP contribution in [0.25, 0.3) is 11.0 Å². The number of anilines is 3. The fourth-order valence-corrected chi connectivity index (χ4v) is 2.84. The minimum absolute atomic E-state index is 0.115. The van der Waals surface area contributed by atoms with E-state index in [1.807, 2.05) is 36.1 Å². The molecule has 7 nitrogen and oxygen atoms in total. The summed E-state index contributed by atoms with van der Waals surface area (Å²) in [5.41, 5.74) is 2.95. The Bertz CT molecular complexity index is 957. The topological polar surface area (TPSA) is 80.2 Å². The molecule has 3 aromatic rings. The van der Waals surface area contributed by atoms with Crippen LogP contribution >= 0.6 is 0 Å². The SMILES string of the molecule is COc1ccc2c(c1)NC(=O)CN2c1nc(C)nc2cccnc12. The molecule has 24 heavy (non-hydrogen) atoms. The van der Waals surface area contributed by atoms with Gasteiger partial charge in [-0.25, -0.2) is 9.97 Å². The van der Waals surface area contributed by atoms with Crippen LogP contribution in [-0.2, 0) is 4.79 Å². The first-order chi connectivity index (χ1) is 11.7. The van der Waals surface area contributed by atoms with Gasteiger partial charge in [-0.15, -0.1) is 0 Å². The molecule has 1 aliphatic rings. The molecule has 0 aliphatic carbocycles. The summed E-state index contributed by atoms with van der Waals surface area (Å²) >= 11 is 0. The summed E-state index contributed by atoms with van der Waals surface area (Å²) in [6.45, 7) is 2.00. The molecule has 0 fully saturated rings. The van der Waals surface area contributed by atoms with E-state index in [1.165, 1.54) is 0 Å². The molecule has 0 spiro atoms. The van der Waals surface area contributed by atoms with E-state index in [2.05, 4.69) is 20.3 Å². The first-order valence-electron chi connectivity index (χ1n) is 7.50. The van der Waals surface area contributed by atoms with E-state index in [0.29, 0.717) is 28.6 Å². The van der Waals surface area contributed by atoms with Gasteiger partial charge >= 0.3 is 0 Å². The average molecular weight is 321 g/mol. The number of aromatic nitrogens is 3. The monoisotopic (exact) mass is 321 g/mol. The predicted molar refractivity (Wildman–Crippen MR) is 90.7 cm³/mol. The molecule has 0 bridgehead atoms. The Kier molecular flexibility index (Phi) is 3.26. The van der Waals surface area contributed by atoms with Crippen LogP contribution in [0.2, 0.25) is 0 Å². The highest BCUT2D eigenvalue weighted by Gasteiger charge is 2.26. The maximum Gasteiger partial charge on any atom is 0.244 e. The molecular formula is C17H15N5O2. The minimum atomic E-state index is -0.115. The zero-order valence-corrected chi connectivity index (χ0v) is 13.3. The van der Waals surface area contributed by atoms with Gasteiger partial charge in [-0.3, -0.25) is 9.78 Å². The summed E-state index contributed by atoms with van der Waals surface area (Å²) in [6.07, 6.45) is 1.70. The number of aryl methyl sites for hydroxylation is 1. The van der Waals surface area contributed by atoms with E-state index in [4.69, 9.17) is 4.74 Å². The van der Waals surface area contributed by atoms with Crippen molar-refractivity contribution in [1.29, 1.82) is 0 Å². The van der Waals surface area contributed by atoms with Crippen molar-refractivity contribution >= 4 is 34.1 Å². The summed E-state index contributed by atoms with van der Waals surface area (Å²) in [7, 11) is 1.59. The van der Waals surface area contributed by atoms with Crippen molar-refractivity contribution in [3.05, 3.63) is 42.4 Å². The van der Waals surface area contributed by atoms with Crippen LogP contribution in [0, 0.1) is 6.92 Å². The number of nitrogens with one attached hydrogen (secondary N) is 1. The number of hydrogen-bond acceptors (Lipinski definition) is 6. The molecule has 1 N–H and O–H groups in total. The Morgan fingerprint density at radius 2 is 2.12 bits per heavy atom. The largest absolute Gasteiger partial charge is 0.497 e. The van der Waals surface area contributed by atoms with Crippen molar-refractivity contribution in [2.45, 2.75) is 6.92 Å². The number of fused-ring (bicyclic) bond motifs is 2. The Morgan fingerprint density at radius 1 is 1.25 bits per heavy atom. The van der Waals surface area contributed by atoms with Gasteiger partial charge in [0.25, 0.3) is 0 Å². The first-order valence-corrected chi connectivity index (χ1v) is 7.50. The van der Waals surface area contributed by atoms with Crippen LogP contribution in [0.15, 0.2) is 36.5 Å². The number of methoxy groups -OCH3 is 1. The van der Waals surface area contributed by atoms with Crippen LogP contribution in [0.5, 0.6) is 5.75 Å². The third kappa shape index (κ3) is 2.30. The van der Waals surface area contributed by atoms with E-state index in [0.717, 1.165) is 11.2 Å². The standard InChI is InChI=1S/C17H15N5O2/c1-10-19-12-4-3-7-18-16(12)17(20-10)22-9-15(23)21-13-8-11(24-2)5-6-14(13)22/h3-8H,9H2,1-2H3,(H,21,23). The van der Waals surface area contributed by atoms with Crippen LogP contribution in [-0.4, -0.2) is 34.5 Å². The summed E-state index contributed by atoms with van der Waals surface area (Å²) < 4.78 is 5.24. The highest BCUT2D eigenvalue weighted by Crippen LogP contribution is 2.38. The Hall–Kier alpha value is -3.22. The first kappa shape index (κ1) is 14.4. The third-order valence-corrected chi connectivity index (χ3v) is 3.87. The van der Waals surface area contributed by atoms with Gasteiger partial charge in [-0.05, 0) is 31.2 Å². The predicted octanol–water partition coefficient (Wildman–Crippen LogP) is 2.43. The molecule has 1 amide bonds. The summed E-state index contributed by atoms with van der Waals surface area (Å²) in [4.78, 5) is 27.4. The molecule has 4 rings (SSSR count). The molecule has 0 saturated carbocycles. The lowest BCUT2D eigenvalue weighted by Gasteiger charge is -2.30. The van der Waals surface area contributed by atoms with Gasteiger partial charge in [0.2, 0.25) is 5.91 Å². The maximum absolute atomic E-state index is 12.2. The van der Waals surface area contributed by atoms with Gasteiger partial charge < -0.3 is 15.0 Å². The summed E-state index contributed by atoms with van der Waals surface area (Å²) in [5.74, 6) is 1.82. The number of nitrogens with zero attached hydrogens (tertiary/aromatic N) is 4. The number of amides is 1. The Morgan fingerprint density at radius 3 is 2.96 bits per heavy atom.